The Kier molecular flexibility index (Phi) is 9.80. The lowest BCUT2D eigenvalue weighted by molar-refractivity contribution is -0.140. The fourth-order valence-electron chi connectivity index (χ4n) is 4.57. The molecule has 1 N–H and O–H groups in total. The summed E-state index contributed by atoms with van der Waals surface area (Å²) in [5, 5.41) is 3.19. The highest BCUT2D eigenvalue weighted by Crippen LogP contribution is 2.28. The topological polar surface area (TPSA) is 67.9 Å². The first-order valence-electron chi connectivity index (χ1n) is 12.4. The molecule has 6 heteroatoms. The van der Waals surface area contributed by atoms with E-state index in [9.17, 15) is 9.59 Å². The molecule has 1 saturated carbocycles. The molecule has 0 spiro atoms. The second-order valence-corrected chi connectivity index (χ2v) is 9.03. The Bertz CT molecular complexity index is 925. The maximum Gasteiger partial charge on any atom is 0.242 e. The molecule has 6 nitrogen and oxygen atoms in total. The summed E-state index contributed by atoms with van der Waals surface area (Å²) < 4.78 is 10.7. The summed E-state index contributed by atoms with van der Waals surface area (Å²) in [6.45, 7) is 2.35. The van der Waals surface area contributed by atoms with Gasteiger partial charge in [0.1, 0.15) is 6.04 Å². The van der Waals surface area contributed by atoms with Crippen molar-refractivity contribution in [3.8, 4) is 11.5 Å². The molecule has 1 atom stereocenters. The van der Waals surface area contributed by atoms with Crippen LogP contribution in [0.4, 0.5) is 0 Å². The zero-order valence-corrected chi connectivity index (χ0v) is 20.7. The van der Waals surface area contributed by atoms with Crippen LogP contribution in [0.1, 0.15) is 56.6 Å². The summed E-state index contributed by atoms with van der Waals surface area (Å²) in [4.78, 5) is 28.1. The molecule has 0 aromatic heterocycles. The van der Waals surface area contributed by atoms with Crippen molar-refractivity contribution in [3.05, 3.63) is 59.7 Å². The summed E-state index contributed by atoms with van der Waals surface area (Å²) in [6.07, 6.45) is 7.20. The number of rotatable bonds is 11. The number of nitrogens with one attached hydrogen (secondary N) is 1. The fourth-order valence-corrected chi connectivity index (χ4v) is 4.57. The van der Waals surface area contributed by atoms with Gasteiger partial charge in [-0.2, -0.15) is 0 Å². The molecule has 2 amide bonds. The van der Waals surface area contributed by atoms with Crippen molar-refractivity contribution in [3.63, 3.8) is 0 Å². The van der Waals surface area contributed by atoms with Crippen LogP contribution in [0.25, 0.3) is 0 Å². The lowest BCUT2D eigenvalue weighted by Crippen LogP contribution is -2.51. The molecule has 2 aromatic rings. The minimum Gasteiger partial charge on any atom is -0.493 e. The SMILES string of the molecule is COc1ccc(CCC(=O)N(CCc2ccccc2)[C@@H](C)C(=O)NC2CCCCC2)cc1OC. The first-order valence-corrected chi connectivity index (χ1v) is 12.4. The van der Waals surface area contributed by atoms with Gasteiger partial charge in [-0.3, -0.25) is 9.59 Å². The van der Waals surface area contributed by atoms with Gasteiger partial charge in [-0.25, -0.2) is 0 Å². The maximum atomic E-state index is 13.3. The maximum absolute atomic E-state index is 13.3. The Morgan fingerprint density at radius 1 is 0.941 bits per heavy atom. The highest BCUT2D eigenvalue weighted by atomic mass is 16.5. The van der Waals surface area contributed by atoms with Gasteiger partial charge >= 0.3 is 0 Å². The number of ether oxygens (including phenoxy) is 2. The number of carbonyl (C=O) groups is 2. The molecule has 0 bridgehead atoms. The van der Waals surface area contributed by atoms with Crippen LogP contribution >= 0.6 is 0 Å². The summed E-state index contributed by atoms with van der Waals surface area (Å²) in [6, 6.07) is 15.5. The number of hydrogen-bond donors (Lipinski definition) is 1. The summed E-state index contributed by atoms with van der Waals surface area (Å²) in [5.41, 5.74) is 2.15. The molecule has 0 saturated heterocycles. The molecule has 1 aliphatic rings. The molecule has 2 aromatic carbocycles. The Morgan fingerprint density at radius 3 is 2.32 bits per heavy atom. The van der Waals surface area contributed by atoms with Crippen LogP contribution in [0.5, 0.6) is 11.5 Å². The van der Waals surface area contributed by atoms with Gasteiger partial charge in [0.25, 0.3) is 0 Å². The average Bonchev–Trinajstić information content (AvgIpc) is 2.88. The molecular weight excluding hydrogens is 428 g/mol. The number of aryl methyl sites for hydroxylation is 1. The normalized spacial score (nSPS) is 14.8. The van der Waals surface area contributed by atoms with E-state index in [2.05, 4.69) is 17.4 Å². The number of nitrogens with zero attached hydrogens (tertiary/aromatic N) is 1. The van der Waals surface area contributed by atoms with Crippen LogP contribution in [0.15, 0.2) is 48.5 Å². The van der Waals surface area contributed by atoms with Crippen LogP contribution in [0.2, 0.25) is 0 Å². The number of amides is 2. The second-order valence-electron chi connectivity index (χ2n) is 9.03. The standard InChI is InChI=1S/C28H38N2O4/c1-21(28(32)29-24-12-8-5-9-13-24)30(19-18-22-10-6-4-7-11-22)27(31)17-15-23-14-16-25(33-2)26(20-23)34-3/h4,6-7,10-11,14,16,20-21,24H,5,8-9,12-13,15,17-19H2,1-3H3,(H,29,32)/t21-/m0/s1. The van der Waals surface area contributed by atoms with Crippen molar-refractivity contribution in [2.75, 3.05) is 20.8 Å². The van der Waals surface area contributed by atoms with Gasteiger partial charge in [-0.05, 0) is 55.9 Å². The number of carbonyl (C=O) groups excluding carboxylic acids is 2. The summed E-state index contributed by atoms with van der Waals surface area (Å²) in [5.74, 6) is 1.24. The smallest absolute Gasteiger partial charge is 0.242 e. The predicted molar refractivity (Wildman–Crippen MR) is 134 cm³/mol. The highest BCUT2D eigenvalue weighted by molar-refractivity contribution is 5.87. The van der Waals surface area contributed by atoms with Gasteiger partial charge in [0, 0.05) is 19.0 Å². The highest BCUT2D eigenvalue weighted by Gasteiger charge is 2.27. The van der Waals surface area contributed by atoms with Crippen molar-refractivity contribution in [2.24, 2.45) is 0 Å². The van der Waals surface area contributed by atoms with E-state index >= 15 is 0 Å². The molecule has 0 radical (unpaired) electrons. The second kappa shape index (κ2) is 13.0. The third kappa shape index (κ3) is 7.24. The Hall–Kier alpha value is -3.02. The van der Waals surface area contributed by atoms with Gasteiger partial charge in [0.15, 0.2) is 11.5 Å². The molecule has 0 heterocycles. The van der Waals surface area contributed by atoms with E-state index < -0.39 is 6.04 Å². The minimum absolute atomic E-state index is 0.0167. The molecule has 1 fully saturated rings. The van der Waals surface area contributed by atoms with Crippen molar-refractivity contribution >= 4 is 11.8 Å². The third-order valence-electron chi connectivity index (χ3n) is 6.68. The van der Waals surface area contributed by atoms with Gasteiger partial charge < -0.3 is 19.7 Å². The Balaban J connectivity index is 1.67. The van der Waals surface area contributed by atoms with Crippen molar-refractivity contribution < 1.29 is 19.1 Å². The zero-order chi connectivity index (χ0) is 24.3. The molecule has 184 valence electrons. The van der Waals surface area contributed by atoms with E-state index in [0.717, 1.165) is 36.8 Å². The number of benzene rings is 2. The largest absolute Gasteiger partial charge is 0.493 e. The first-order chi connectivity index (χ1) is 16.5. The Morgan fingerprint density at radius 2 is 1.65 bits per heavy atom. The molecule has 3 rings (SSSR count). The number of methoxy groups -OCH3 is 2. The lowest BCUT2D eigenvalue weighted by Gasteiger charge is -2.31. The lowest BCUT2D eigenvalue weighted by atomic mass is 9.95. The van der Waals surface area contributed by atoms with Gasteiger partial charge in [-0.1, -0.05) is 55.7 Å². The van der Waals surface area contributed by atoms with Crippen LogP contribution in [0, 0.1) is 0 Å². The van der Waals surface area contributed by atoms with E-state index in [4.69, 9.17) is 9.47 Å². The van der Waals surface area contributed by atoms with Gasteiger partial charge in [-0.15, -0.1) is 0 Å². The average molecular weight is 467 g/mol. The minimum atomic E-state index is -0.511. The van der Waals surface area contributed by atoms with Crippen LogP contribution < -0.4 is 14.8 Å². The van der Waals surface area contributed by atoms with Crippen LogP contribution in [-0.4, -0.2) is 49.6 Å². The molecule has 34 heavy (non-hydrogen) atoms. The monoisotopic (exact) mass is 466 g/mol. The van der Waals surface area contributed by atoms with Crippen LogP contribution in [0.3, 0.4) is 0 Å². The number of hydrogen-bond acceptors (Lipinski definition) is 4. The quantitative estimate of drug-likeness (QED) is 0.528. The zero-order valence-electron chi connectivity index (χ0n) is 20.7. The summed E-state index contributed by atoms with van der Waals surface area (Å²) in [7, 11) is 3.20. The first kappa shape index (κ1) is 25.6. The van der Waals surface area contributed by atoms with E-state index in [1.54, 1.807) is 19.1 Å². The van der Waals surface area contributed by atoms with Crippen molar-refractivity contribution in [1.29, 1.82) is 0 Å². The molecule has 1 aliphatic carbocycles. The predicted octanol–water partition coefficient (Wildman–Crippen LogP) is 4.55. The van der Waals surface area contributed by atoms with Crippen molar-refractivity contribution in [2.45, 2.75) is 70.4 Å². The van der Waals surface area contributed by atoms with Gasteiger partial charge in [0.2, 0.25) is 11.8 Å². The van der Waals surface area contributed by atoms with E-state index in [1.807, 2.05) is 43.3 Å². The molecular formula is C28H38N2O4. The molecule has 0 unspecified atom stereocenters. The fraction of sp³-hybridized carbons (Fsp3) is 0.500. The summed E-state index contributed by atoms with van der Waals surface area (Å²) >= 11 is 0. The van der Waals surface area contributed by atoms with Crippen molar-refractivity contribution in [1.82, 2.24) is 10.2 Å². The van der Waals surface area contributed by atoms with E-state index in [1.165, 1.54) is 6.42 Å². The van der Waals surface area contributed by atoms with E-state index in [-0.39, 0.29) is 17.9 Å². The molecule has 0 aliphatic heterocycles. The van der Waals surface area contributed by atoms with Gasteiger partial charge in [0.05, 0.1) is 14.2 Å². The van der Waals surface area contributed by atoms with Crippen LogP contribution in [-0.2, 0) is 22.4 Å². The Labute approximate surface area is 203 Å². The van der Waals surface area contributed by atoms with E-state index in [0.29, 0.717) is 37.3 Å². The third-order valence-corrected chi connectivity index (χ3v) is 6.68.